The topological polar surface area (TPSA) is 52.6 Å². The number of ether oxygens (including phenoxy) is 2. The van der Waals surface area contributed by atoms with E-state index in [9.17, 15) is 9.59 Å². The molecule has 4 heteroatoms. The number of carbonyl (C=O) groups excluding carboxylic acids is 2. The molecule has 0 radical (unpaired) electrons. The zero-order chi connectivity index (χ0) is 9.56. The Morgan fingerprint density at radius 1 is 1.42 bits per heavy atom. The summed E-state index contributed by atoms with van der Waals surface area (Å²) in [6.07, 6.45) is -0.0760. The second kappa shape index (κ2) is 5.35. The molecular weight excluding hydrogens is 160 g/mol. The van der Waals surface area contributed by atoms with E-state index in [0.29, 0.717) is 6.61 Å². The highest BCUT2D eigenvalue weighted by atomic mass is 16.5. The van der Waals surface area contributed by atoms with Crippen molar-refractivity contribution in [3.05, 3.63) is 12.3 Å². The molecule has 0 rings (SSSR count). The van der Waals surface area contributed by atoms with E-state index in [1.807, 2.05) is 0 Å². The van der Waals surface area contributed by atoms with E-state index in [0.717, 1.165) is 0 Å². The molecule has 0 spiro atoms. The zero-order valence-corrected chi connectivity index (χ0v) is 7.25. The Balaban J connectivity index is 3.69. The van der Waals surface area contributed by atoms with Gasteiger partial charge in [-0.15, -0.1) is 0 Å². The summed E-state index contributed by atoms with van der Waals surface area (Å²) in [5.41, 5.74) is 0. The van der Waals surface area contributed by atoms with Crippen LogP contribution in [0.15, 0.2) is 12.3 Å². The van der Waals surface area contributed by atoms with Crippen molar-refractivity contribution in [2.45, 2.75) is 20.3 Å². The van der Waals surface area contributed by atoms with Gasteiger partial charge in [-0.2, -0.15) is 0 Å². The van der Waals surface area contributed by atoms with Crippen LogP contribution in [0.2, 0.25) is 0 Å². The summed E-state index contributed by atoms with van der Waals surface area (Å²) >= 11 is 0. The van der Waals surface area contributed by atoms with Gasteiger partial charge in [0.1, 0.15) is 12.2 Å². The van der Waals surface area contributed by atoms with Crippen molar-refractivity contribution in [1.82, 2.24) is 0 Å². The predicted octanol–water partition coefficient (Wildman–Crippen LogP) is 1.02. The number of rotatable bonds is 4. The van der Waals surface area contributed by atoms with Gasteiger partial charge in [0.2, 0.25) is 0 Å². The minimum Gasteiger partial charge on any atom is -0.466 e. The molecule has 0 aromatic rings. The molecule has 0 atom stereocenters. The quantitative estimate of drug-likeness (QED) is 0.469. The van der Waals surface area contributed by atoms with Crippen LogP contribution in [0.4, 0.5) is 0 Å². The van der Waals surface area contributed by atoms with Gasteiger partial charge in [-0.05, 0) is 6.92 Å². The van der Waals surface area contributed by atoms with Crippen molar-refractivity contribution in [3.8, 4) is 0 Å². The third-order valence-electron chi connectivity index (χ3n) is 0.935. The van der Waals surface area contributed by atoms with Crippen LogP contribution >= 0.6 is 0 Å². The smallest absolute Gasteiger partial charge is 0.313 e. The van der Waals surface area contributed by atoms with Gasteiger partial charge in [-0.25, -0.2) is 0 Å². The van der Waals surface area contributed by atoms with Crippen molar-refractivity contribution in [2.75, 3.05) is 6.61 Å². The minimum absolute atomic E-state index is 0.0760. The summed E-state index contributed by atoms with van der Waals surface area (Å²) in [6, 6.07) is 0. The van der Waals surface area contributed by atoms with Gasteiger partial charge in [0.05, 0.1) is 6.61 Å². The van der Waals surface area contributed by atoms with E-state index < -0.39 is 11.9 Å². The van der Waals surface area contributed by atoms with Crippen LogP contribution < -0.4 is 0 Å². The molecule has 0 saturated carbocycles. The molecule has 12 heavy (non-hydrogen) atoms. The average Bonchev–Trinajstić information content (AvgIpc) is 1.84. The predicted molar refractivity (Wildman–Crippen MR) is 42.2 cm³/mol. The molecule has 0 heterocycles. The third-order valence-corrected chi connectivity index (χ3v) is 0.935. The number of carbonyl (C=O) groups is 2. The fourth-order valence-electron chi connectivity index (χ4n) is 0.612. The molecule has 0 unspecified atom stereocenters. The van der Waals surface area contributed by atoms with E-state index >= 15 is 0 Å². The van der Waals surface area contributed by atoms with E-state index in [2.05, 4.69) is 16.1 Å². The fraction of sp³-hybridized carbons (Fsp3) is 0.500. The largest absolute Gasteiger partial charge is 0.466 e. The number of hydrogen-bond acceptors (Lipinski definition) is 4. The third kappa shape index (κ3) is 5.46. The van der Waals surface area contributed by atoms with E-state index in [1.54, 1.807) is 6.92 Å². The van der Waals surface area contributed by atoms with Gasteiger partial charge in [0.25, 0.3) is 0 Å². The standard InChI is InChI=1S/C8H12O4/c1-4-11-8(10)5-6(2)12-7(3)9/h2,4-5H2,1,3H3. The average molecular weight is 172 g/mol. The molecule has 0 saturated heterocycles. The van der Waals surface area contributed by atoms with Gasteiger partial charge in [-0.3, -0.25) is 9.59 Å². The number of hydrogen-bond donors (Lipinski definition) is 0. The van der Waals surface area contributed by atoms with Gasteiger partial charge < -0.3 is 9.47 Å². The number of esters is 2. The molecule has 68 valence electrons. The van der Waals surface area contributed by atoms with E-state index in [4.69, 9.17) is 0 Å². The summed E-state index contributed by atoms with van der Waals surface area (Å²) in [6.45, 7) is 6.63. The molecular formula is C8H12O4. The molecule has 0 N–H and O–H groups in total. The first-order valence-corrected chi connectivity index (χ1v) is 3.58. The maximum absolute atomic E-state index is 10.8. The molecule has 0 bridgehead atoms. The minimum atomic E-state index is -0.482. The van der Waals surface area contributed by atoms with Crippen LogP contribution in [0.3, 0.4) is 0 Å². The summed E-state index contributed by atoms with van der Waals surface area (Å²) in [5.74, 6) is -0.811. The molecule has 0 aliphatic rings. The van der Waals surface area contributed by atoms with Gasteiger partial charge in [0, 0.05) is 6.92 Å². The Kier molecular flexibility index (Phi) is 4.76. The van der Waals surface area contributed by atoms with E-state index in [-0.39, 0.29) is 12.2 Å². The molecule has 0 aliphatic carbocycles. The van der Waals surface area contributed by atoms with Gasteiger partial charge in [-0.1, -0.05) is 6.58 Å². The monoisotopic (exact) mass is 172 g/mol. The van der Waals surface area contributed by atoms with Crippen LogP contribution in [-0.2, 0) is 19.1 Å². The summed E-state index contributed by atoms with van der Waals surface area (Å²) in [7, 11) is 0. The highest BCUT2D eigenvalue weighted by Crippen LogP contribution is 2.01. The second-order valence-electron chi connectivity index (χ2n) is 2.11. The van der Waals surface area contributed by atoms with Crippen molar-refractivity contribution in [3.63, 3.8) is 0 Å². The Hall–Kier alpha value is -1.32. The van der Waals surface area contributed by atoms with Crippen LogP contribution in [0.5, 0.6) is 0 Å². The molecule has 0 fully saturated rings. The molecule has 4 nitrogen and oxygen atoms in total. The highest BCUT2D eigenvalue weighted by Gasteiger charge is 2.06. The Labute approximate surface area is 71.2 Å². The maximum Gasteiger partial charge on any atom is 0.313 e. The molecule has 0 amide bonds. The lowest BCUT2D eigenvalue weighted by atomic mass is 10.4. The summed E-state index contributed by atoms with van der Waals surface area (Å²) in [4.78, 5) is 21.1. The first kappa shape index (κ1) is 10.7. The van der Waals surface area contributed by atoms with Gasteiger partial charge in [0.15, 0.2) is 0 Å². The lowest BCUT2D eigenvalue weighted by Gasteiger charge is -2.03. The van der Waals surface area contributed by atoms with Crippen molar-refractivity contribution in [1.29, 1.82) is 0 Å². The maximum atomic E-state index is 10.8. The second-order valence-corrected chi connectivity index (χ2v) is 2.11. The fourth-order valence-corrected chi connectivity index (χ4v) is 0.612. The van der Waals surface area contributed by atoms with Gasteiger partial charge >= 0.3 is 11.9 Å². The van der Waals surface area contributed by atoms with Crippen LogP contribution in [0.25, 0.3) is 0 Å². The molecule has 0 aromatic heterocycles. The Morgan fingerprint density at radius 2 is 2.00 bits per heavy atom. The molecule has 0 aliphatic heterocycles. The lowest BCUT2D eigenvalue weighted by Crippen LogP contribution is -2.07. The van der Waals surface area contributed by atoms with Crippen molar-refractivity contribution < 1.29 is 19.1 Å². The Bertz CT molecular complexity index is 195. The highest BCUT2D eigenvalue weighted by molar-refractivity contribution is 5.73. The summed E-state index contributed by atoms with van der Waals surface area (Å²) < 4.78 is 9.14. The van der Waals surface area contributed by atoms with Crippen molar-refractivity contribution >= 4 is 11.9 Å². The zero-order valence-electron chi connectivity index (χ0n) is 7.25. The first-order valence-electron chi connectivity index (χ1n) is 3.58. The molecule has 0 aromatic carbocycles. The van der Waals surface area contributed by atoms with Crippen molar-refractivity contribution in [2.24, 2.45) is 0 Å². The first-order chi connectivity index (χ1) is 5.56. The van der Waals surface area contributed by atoms with Crippen LogP contribution in [-0.4, -0.2) is 18.5 Å². The van der Waals surface area contributed by atoms with E-state index in [1.165, 1.54) is 6.92 Å². The Morgan fingerprint density at radius 3 is 2.42 bits per heavy atom. The summed E-state index contributed by atoms with van der Waals surface area (Å²) in [5, 5.41) is 0. The SMILES string of the molecule is C=C(CC(=O)OCC)OC(C)=O. The lowest BCUT2D eigenvalue weighted by molar-refractivity contribution is -0.144. The normalized spacial score (nSPS) is 8.83. The van der Waals surface area contributed by atoms with Crippen LogP contribution in [0, 0.1) is 0 Å². The van der Waals surface area contributed by atoms with Crippen LogP contribution in [0.1, 0.15) is 20.3 Å².